The fourth-order valence-electron chi connectivity index (χ4n) is 5.65. The molecule has 0 amide bonds. The van der Waals surface area contributed by atoms with Gasteiger partial charge < -0.3 is 4.74 Å². The minimum Gasteiger partial charge on any atom is -0.493 e. The Balaban J connectivity index is 1.25. The number of ether oxygens (including phenoxy) is 1. The lowest BCUT2D eigenvalue weighted by Crippen LogP contribution is -2.20. The molecular formula is C34H54N2O. The van der Waals surface area contributed by atoms with Gasteiger partial charge in [-0.25, -0.2) is 9.97 Å². The second-order valence-electron chi connectivity index (χ2n) is 11.5. The average Bonchev–Trinajstić information content (AvgIpc) is 2.94. The second kappa shape index (κ2) is 18.4. The normalized spacial score (nSPS) is 17.7. The molecular weight excluding hydrogens is 452 g/mol. The van der Waals surface area contributed by atoms with Crippen LogP contribution in [0.4, 0.5) is 0 Å². The third-order valence-electron chi connectivity index (χ3n) is 8.23. The van der Waals surface area contributed by atoms with E-state index >= 15 is 0 Å². The van der Waals surface area contributed by atoms with Gasteiger partial charge in [-0.2, -0.15) is 0 Å². The Bertz CT molecular complexity index is 809. The Hall–Kier alpha value is -1.90. The lowest BCUT2D eigenvalue weighted by molar-refractivity contribution is 0.198. The Morgan fingerprint density at radius 1 is 0.622 bits per heavy atom. The van der Waals surface area contributed by atoms with Crippen molar-refractivity contribution in [2.45, 2.75) is 142 Å². The van der Waals surface area contributed by atoms with Crippen molar-refractivity contribution in [3.05, 3.63) is 53.6 Å². The van der Waals surface area contributed by atoms with Crippen LogP contribution in [0.15, 0.2) is 36.7 Å². The molecule has 37 heavy (non-hydrogen) atoms. The van der Waals surface area contributed by atoms with Crippen LogP contribution in [0.5, 0.6) is 5.75 Å². The van der Waals surface area contributed by atoms with Crippen LogP contribution in [0.1, 0.15) is 146 Å². The Labute approximate surface area is 228 Å². The van der Waals surface area contributed by atoms with Crippen LogP contribution in [-0.4, -0.2) is 16.6 Å². The largest absolute Gasteiger partial charge is 0.493 e. The summed E-state index contributed by atoms with van der Waals surface area (Å²) in [6, 6.07) is 8.77. The third kappa shape index (κ3) is 12.0. The Morgan fingerprint density at radius 2 is 1.14 bits per heavy atom. The van der Waals surface area contributed by atoms with Crippen molar-refractivity contribution in [3.8, 4) is 5.75 Å². The molecule has 1 saturated carbocycles. The fourth-order valence-corrected chi connectivity index (χ4v) is 5.65. The van der Waals surface area contributed by atoms with Crippen LogP contribution in [0, 0.1) is 5.92 Å². The lowest BCUT2D eigenvalue weighted by Gasteiger charge is -2.27. The molecule has 3 nitrogen and oxygen atoms in total. The predicted octanol–water partition coefficient (Wildman–Crippen LogP) is 10.0. The monoisotopic (exact) mass is 506 g/mol. The first-order chi connectivity index (χ1) is 18.3. The maximum absolute atomic E-state index is 6.14. The van der Waals surface area contributed by atoms with Gasteiger partial charge in [0.15, 0.2) is 0 Å². The number of hydrogen-bond donors (Lipinski definition) is 0. The molecule has 0 N–H and O–H groups in total. The van der Waals surface area contributed by atoms with Gasteiger partial charge in [-0.15, -0.1) is 0 Å². The number of unbranched alkanes of at least 4 members (excludes halogenated alkanes) is 11. The fraction of sp³-hybridized carbons (Fsp3) is 0.706. The molecule has 0 unspecified atom stereocenters. The zero-order chi connectivity index (χ0) is 26.0. The van der Waals surface area contributed by atoms with Crippen molar-refractivity contribution < 1.29 is 4.74 Å². The Morgan fingerprint density at radius 3 is 1.76 bits per heavy atom. The van der Waals surface area contributed by atoms with Gasteiger partial charge in [0.05, 0.1) is 6.61 Å². The molecule has 206 valence electrons. The molecule has 0 atom stereocenters. The van der Waals surface area contributed by atoms with E-state index in [-0.39, 0.29) is 0 Å². The zero-order valence-electron chi connectivity index (χ0n) is 24.1. The van der Waals surface area contributed by atoms with E-state index in [9.17, 15) is 0 Å². The van der Waals surface area contributed by atoms with E-state index in [2.05, 4.69) is 50.5 Å². The van der Waals surface area contributed by atoms with Gasteiger partial charge in [0, 0.05) is 18.3 Å². The summed E-state index contributed by atoms with van der Waals surface area (Å²) in [6.45, 7) is 5.38. The number of rotatable bonds is 19. The first kappa shape index (κ1) is 29.7. The van der Waals surface area contributed by atoms with E-state index in [4.69, 9.17) is 14.7 Å². The van der Waals surface area contributed by atoms with Gasteiger partial charge >= 0.3 is 0 Å². The maximum atomic E-state index is 6.14. The number of hydrogen-bond acceptors (Lipinski definition) is 3. The van der Waals surface area contributed by atoms with E-state index < -0.39 is 0 Å². The highest BCUT2D eigenvalue weighted by atomic mass is 16.5. The molecule has 1 fully saturated rings. The van der Waals surface area contributed by atoms with Crippen molar-refractivity contribution in [1.29, 1.82) is 0 Å². The predicted molar refractivity (Wildman–Crippen MR) is 157 cm³/mol. The summed E-state index contributed by atoms with van der Waals surface area (Å²) in [5.74, 6) is 3.24. The number of aromatic nitrogens is 2. The molecule has 0 radical (unpaired) electrons. The molecule has 1 aliphatic rings. The number of aryl methyl sites for hydroxylation is 2. The van der Waals surface area contributed by atoms with E-state index in [1.54, 1.807) is 0 Å². The van der Waals surface area contributed by atoms with Crippen LogP contribution in [0.3, 0.4) is 0 Å². The molecule has 0 bridgehead atoms. The summed E-state index contributed by atoms with van der Waals surface area (Å²) in [4.78, 5) is 9.55. The molecule has 2 aromatic rings. The van der Waals surface area contributed by atoms with E-state index in [1.807, 2.05) is 0 Å². The van der Waals surface area contributed by atoms with Crippen molar-refractivity contribution >= 4 is 0 Å². The van der Waals surface area contributed by atoms with Gasteiger partial charge in [-0.3, -0.25) is 0 Å². The quantitative estimate of drug-likeness (QED) is 0.178. The highest BCUT2D eigenvalue weighted by Gasteiger charge is 2.24. The van der Waals surface area contributed by atoms with E-state index in [0.29, 0.717) is 11.8 Å². The van der Waals surface area contributed by atoms with Gasteiger partial charge in [-0.1, -0.05) is 96.6 Å². The smallest absolute Gasteiger partial charge is 0.131 e. The van der Waals surface area contributed by atoms with Crippen molar-refractivity contribution in [2.75, 3.05) is 6.61 Å². The molecule has 1 aromatic heterocycles. The summed E-state index contributed by atoms with van der Waals surface area (Å²) < 4.78 is 6.14. The zero-order valence-corrected chi connectivity index (χ0v) is 24.1. The van der Waals surface area contributed by atoms with E-state index in [1.165, 1.54) is 127 Å². The summed E-state index contributed by atoms with van der Waals surface area (Å²) in [5, 5.41) is 0. The average molecular weight is 507 g/mol. The number of nitrogens with zero attached hydrogens (tertiary/aromatic N) is 2. The van der Waals surface area contributed by atoms with Crippen molar-refractivity contribution in [2.24, 2.45) is 5.92 Å². The van der Waals surface area contributed by atoms with Crippen LogP contribution < -0.4 is 4.74 Å². The molecule has 3 rings (SSSR count). The SMILES string of the molecule is CCCCCCCCCCCCc1cnc(C2CCC(COc3ccc(CCCCC)cc3)CC2)nc1. The molecule has 1 aliphatic carbocycles. The minimum absolute atomic E-state index is 0.519. The standard InChI is InChI=1S/C34H54N2O/c1-3-5-7-8-9-10-11-12-13-15-17-31-26-35-34(36-27-31)32-22-18-30(19-23-32)28-37-33-24-20-29(21-25-33)16-14-6-4-2/h20-21,24-27,30,32H,3-19,22-23,28H2,1-2H3. The molecule has 1 heterocycles. The highest BCUT2D eigenvalue weighted by molar-refractivity contribution is 5.27. The van der Waals surface area contributed by atoms with Crippen LogP contribution in [0.25, 0.3) is 0 Å². The Kier molecular flexibility index (Phi) is 14.7. The second-order valence-corrected chi connectivity index (χ2v) is 11.5. The maximum Gasteiger partial charge on any atom is 0.131 e. The highest BCUT2D eigenvalue weighted by Crippen LogP contribution is 2.34. The third-order valence-corrected chi connectivity index (χ3v) is 8.23. The van der Waals surface area contributed by atoms with Gasteiger partial charge in [0.2, 0.25) is 0 Å². The van der Waals surface area contributed by atoms with Crippen molar-refractivity contribution in [1.82, 2.24) is 9.97 Å². The van der Waals surface area contributed by atoms with Crippen molar-refractivity contribution in [3.63, 3.8) is 0 Å². The molecule has 0 saturated heterocycles. The topological polar surface area (TPSA) is 35.0 Å². The molecule has 0 aliphatic heterocycles. The first-order valence-corrected chi connectivity index (χ1v) is 15.8. The van der Waals surface area contributed by atoms with Gasteiger partial charge in [0.1, 0.15) is 11.6 Å². The summed E-state index contributed by atoms with van der Waals surface area (Å²) in [7, 11) is 0. The molecule has 1 aromatic carbocycles. The number of benzene rings is 1. The van der Waals surface area contributed by atoms with Crippen LogP contribution in [-0.2, 0) is 12.8 Å². The minimum atomic E-state index is 0.519. The first-order valence-electron chi connectivity index (χ1n) is 15.8. The van der Waals surface area contributed by atoms with Gasteiger partial charge in [-0.05, 0) is 80.5 Å². The van der Waals surface area contributed by atoms with Gasteiger partial charge in [0.25, 0.3) is 0 Å². The lowest BCUT2D eigenvalue weighted by atomic mass is 9.82. The summed E-state index contributed by atoms with van der Waals surface area (Å²) in [6.07, 6.45) is 29.0. The molecule has 3 heteroatoms. The van der Waals surface area contributed by atoms with E-state index in [0.717, 1.165) is 24.6 Å². The van der Waals surface area contributed by atoms with Crippen LogP contribution in [0.2, 0.25) is 0 Å². The van der Waals surface area contributed by atoms with Crippen LogP contribution >= 0.6 is 0 Å². The molecule has 0 spiro atoms. The summed E-state index contributed by atoms with van der Waals surface area (Å²) in [5.41, 5.74) is 2.73. The summed E-state index contributed by atoms with van der Waals surface area (Å²) >= 11 is 0.